The second-order valence-electron chi connectivity index (χ2n) is 5.97. The number of rotatable bonds is 5. The summed E-state index contributed by atoms with van der Waals surface area (Å²) >= 11 is 3.62. The Morgan fingerprint density at radius 2 is 2.24 bits per heavy atom. The Morgan fingerprint density at radius 3 is 2.90 bits per heavy atom. The van der Waals surface area contributed by atoms with E-state index in [2.05, 4.69) is 65.1 Å². The minimum atomic E-state index is 0.319. The summed E-state index contributed by atoms with van der Waals surface area (Å²) in [5.74, 6) is 0.632. The van der Waals surface area contributed by atoms with Crippen molar-refractivity contribution in [2.75, 3.05) is 31.6 Å². The van der Waals surface area contributed by atoms with Crippen LogP contribution in [-0.4, -0.2) is 32.8 Å². The predicted octanol–water partition coefficient (Wildman–Crippen LogP) is 3.98. The van der Waals surface area contributed by atoms with Crippen molar-refractivity contribution in [3.05, 3.63) is 28.2 Å². The maximum Gasteiger partial charge on any atom is 0.0772 e. The minimum absolute atomic E-state index is 0.319. The molecule has 1 fully saturated rings. The van der Waals surface area contributed by atoms with E-state index < -0.39 is 0 Å². The molecule has 3 unspecified atom stereocenters. The molecule has 0 aromatic heterocycles. The van der Waals surface area contributed by atoms with Gasteiger partial charge in [-0.3, -0.25) is 0 Å². The molecule has 0 saturated carbocycles. The zero-order valence-electron chi connectivity index (χ0n) is 13.5. The molecule has 0 amide bonds. The topological polar surface area (TPSA) is 24.5 Å². The van der Waals surface area contributed by atoms with Crippen molar-refractivity contribution in [1.82, 2.24) is 5.32 Å². The molecule has 0 radical (unpaired) electrons. The standard InChI is InChI=1S/C17H27BrN2O/c1-5-19-13(3)15-7-6-14(18)10-16(15)20-9-8-12(2)17(11-20)21-4/h6-7,10,12-13,17,19H,5,8-9,11H2,1-4H3. The van der Waals surface area contributed by atoms with Gasteiger partial charge in [-0.1, -0.05) is 35.8 Å². The van der Waals surface area contributed by atoms with Gasteiger partial charge in [0.15, 0.2) is 0 Å². The van der Waals surface area contributed by atoms with Crippen LogP contribution >= 0.6 is 15.9 Å². The fourth-order valence-corrected chi connectivity index (χ4v) is 3.48. The number of nitrogens with one attached hydrogen (secondary N) is 1. The van der Waals surface area contributed by atoms with E-state index in [-0.39, 0.29) is 0 Å². The van der Waals surface area contributed by atoms with Crippen molar-refractivity contribution in [1.29, 1.82) is 0 Å². The minimum Gasteiger partial charge on any atom is -0.379 e. The van der Waals surface area contributed by atoms with E-state index in [0.29, 0.717) is 18.1 Å². The smallest absolute Gasteiger partial charge is 0.0772 e. The second-order valence-corrected chi connectivity index (χ2v) is 6.88. The first kappa shape index (κ1) is 16.8. The number of anilines is 1. The van der Waals surface area contributed by atoms with Gasteiger partial charge in [0.2, 0.25) is 0 Å². The molecule has 21 heavy (non-hydrogen) atoms. The fraction of sp³-hybridized carbons (Fsp3) is 0.647. The zero-order chi connectivity index (χ0) is 15.4. The molecule has 1 aliphatic rings. The third-order valence-electron chi connectivity index (χ3n) is 4.50. The van der Waals surface area contributed by atoms with Crippen LogP contribution in [0.25, 0.3) is 0 Å². The molecule has 2 rings (SSSR count). The number of hydrogen-bond acceptors (Lipinski definition) is 3. The van der Waals surface area contributed by atoms with Gasteiger partial charge in [-0.15, -0.1) is 0 Å². The normalized spacial score (nSPS) is 24.1. The highest BCUT2D eigenvalue weighted by atomic mass is 79.9. The maximum absolute atomic E-state index is 5.66. The quantitative estimate of drug-likeness (QED) is 0.865. The van der Waals surface area contributed by atoms with Crippen molar-refractivity contribution in [2.45, 2.75) is 39.3 Å². The Balaban J connectivity index is 2.27. The highest BCUT2D eigenvalue weighted by molar-refractivity contribution is 9.10. The van der Waals surface area contributed by atoms with Gasteiger partial charge in [0.1, 0.15) is 0 Å². The Morgan fingerprint density at radius 1 is 1.48 bits per heavy atom. The summed E-state index contributed by atoms with van der Waals surface area (Å²) in [5.41, 5.74) is 2.69. The van der Waals surface area contributed by atoms with Crippen molar-refractivity contribution < 1.29 is 4.74 Å². The van der Waals surface area contributed by atoms with E-state index in [1.807, 2.05) is 7.11 Å². The Hall–Kier alpha value is -0.580. The van der Waals surface area contributed by atoms with E-state index in [1.54, 1.807) is 0 Å². The lowest BCUT2D eigenvalue weighted by atomic mass is 9.94. The lowest BCUT2D eigenvalue weighted by molar-refractivity contribution is 0.0498. The molecule has 0 aliphatic carbocycles. The molecule has 1 aromatic carbocycles. The fourth-order valence-electron chi connectivity index (χ4n) is 3.13. The SMILES string of the molecule is CCNC(C)c1ccc(Br)cc1N1CCC(C)C(OC)C1. The van der Waals surface area contributed by atoms with Crippen LogP contribution in [-0.2, 0) is 4.74 Å². The summed E-state index contributed by atoms with van der Waals surface area (Å²) in [5, 5.41) is 3.52. The summed E-state index contributed by atoms with van der Waals surface area (Å²) < 4.78 is 6.80. The number of ether oxygens (including phenoxy) is 1. The van der Waals surface area contributed by atoms with Gasteiger partial charge < -0.3 is 15.0 Å². The predicted molar refractivity (Wildman–Crippen MR) is 93.0 cm³/mol. The third-order valence-corrected chi connectivity index (χ3v) is 5.00. The zero-order valence-corrected chi connectivity index (χ0v) is 15.1. The number of methoxy groups -OCH3 is 1. The van der Waals surface area contributed by atoms with Gasteiger partial charge in [0.25, 0.3) is 0 Å². The van der Waals surface area contributed by atoms with Crippen LogP contribution in [0, 0.1) is 5.92 Å². The van der Waals surface area contributed by atoms with Crippen LogP contribution in [0.5, 0.6) is 0 Å². The van der Waals surface area contributed by atoms with E-state index in [0.717, 1.165) is 24.1 Å². The lowest BCUT2D eigenvalue weighted by Crippen LogP contribution is -2.44. The van der Waals surface area contributed by atoms with E-state index >= 15 is 0 Å². The van der Waals surface area contributed by atoms with Crippen LogP contribution in [0.2, 0.25) is 0 Å². The molecule has 3 atom stereocenters. The van der Waals surface area contributed by atoms with Crippen LogP contribution < -0.4 is 10.2 Å². The molecule has 0 bridgehead atoms. The van der Waals surface area contributed by atoms with Crippen molar-refractivity contribution in [3.8, 4) is 0 Å². The van der Waals surface area contributed by atoms with E-state index in [9.17, 15) is 0 Å². The summed E-state index contributed by atoms with van der Waals surface area (Å²) in [7, 11) is 1.83. The highest BCUT2D eigenvalue weighted by Crippen LogP contribution is 2.33. The van der Waals surface area contributed by atoms with Crippen LogP contribution in [0.4, 0.5) is 5.69 Å². The molecule has 1 saturated heterocycles. The van der Waals surface area contributed by atoms with E-state index in [1.165, 1.54) is 17.7 Å². The molecule has 0 spiro atoms. The number of halogens is 1. The van der Waals surface area contributed by atoms with Crippen LogP contribution in [0.3, 0.4) is 0 Å². The third kappa shape index (κ3) is 3.99. The lowest BCUT2D eigenvalue weighted by Gasteiger charge is -2.39. The first-order valence-corrected chi connectivity index (χ1v) is 8.66. The number of benzene rings is 1. The van der Waals surface area contributed by atoms with Crippen molar-refractivity contribution in [2.24, 2.45) is 5.92 Å². The molecule has 118 valence electrons. The number of hydrogen-bond donors (Lipinski definition) is 1. The average Bonchev–Trinajstić information content (AvgIpc) is 2.48. The van der Waals surface area contributed by atoms with Crippen LogP contribution in [0.1, 0.15) is 38.8 Å². The first-order valence-electron chi connectivity index (χ1n) is 7.87. The molecule has 3 nitrogen and oxygen atoms in total. The molecule has 1 aromatic rings. The highest BCUT2D eigenvalue weighted by Gasteiger charge is 2.27. The summed E-state index contributed by atoms with van der Waals surface area (Å²) in [6.07, 6.45) is 1.50. The maximum atomic E-state index is 5.66. The van der Waals surface area contributed by atoms with E-state index in [4.69, 9.17) is 4.74 Å². The Labute approximate surface area is 137 Å². The van der Waals surface area contributed by atoms with Crippen molar-refractivity contribution >= 4 is 21.6 Å². The monoisotopic (exact) mass is 354 g/mol. The van der Waals surface area contributed by atoms with Gasteiger partial charge in [0.05, 0.1) is 6.10 Å². The molecule has 1 aliphatic heterocycles. The average molecular weight is 355 g/mol. The van der Waals surface area contributed by atoms with Gasteiger partial charge in [-0.2, -0.15) is 0 Å². The summed E-state index contributed by atoms with van der Waals surface area (Å²) in [4.78, 5) is 2.47. The number of piperidine rings is 1. The molecule has 1 heterocycles. The summed E-state index contributed by atoms with van der Waals surface area (Å²) in [6.45, 7) is 9.72. The van der Waals surface area contributed by atoms with Crippen LogP contribution in [0.15, 0.2) is 22.7 Å². The van der Waals surface area contributed by atoms with Gasteiger partial charge >= 0.3 is 0 Å². The Bertz CT molecular complexity index is 466. The van der Waals surface area contributed by atoms with Gasteiger partial charge in [-0.05, 0) is 43.5 Å². The molecular formula is C17H27BrN2O. The molecule has 4 heteroatoms. The van der Waals surface area contributed by atoms with Gasteiger partial charge in [-0.25, -0.2) is 0 Å². The summed E-state index contributed by atoms with van der Waals surface area (Å²) in [6, 6.07) is 6.96. The molecular weight excluding hydrogens is 328 g/mol. The molecule has 1 N–H and O–H groups in total. The number of nitrogens with zero attached hydrogens (tertiary/aromatic N) is 1. The second kappa shape index (κ2) is 7.61. The first-order chi connectivity index (χ1) is 10.1. The largest absolute Gasteiger partial charge is 0.379 e. The van der Waals surface area contributed by atoms with Gasteiger partial charge in [0, 0.05) is 36.4 Å². The Kier molecular flexibility index (Phi) is 6.08. The van der Waals surface area contributed by atoms with Crippen molar-refractivity contribution in [3.63, 3.8) is 0 Å².